The van der Waals surface area contributed by atoms with Crippen LogP contribution >= 0.6 is 0 Å². The molecule has 1 aromatic heterocycles. The molecule has 4 heterocycles. The van der Waals surface area contributed by atoms with Crippen molar-refractivity contribution in [2.24, 2.45) is 5.92 Å². The molecule has 6 nitrogen and oxygen atoms in total. The van der Waals surface area contributed by atoms with Gasteiger partial charge in [-0.3, -0.25) is 9.59 Å². The molecule has 0 radical (unpaired) electrons. The Morgan fingerprint density at radius 1 is 1.07 bits per heavy atom. The second-order valence-electron chi connectivity index (χ2n) is 7.39. The Labute approximate surface area is 156 Å². The van der Waals surface area contributed by atoms with Crippen LogP contribution in [0, 0.1) is 5.92 Å². The number of ether oxygens (including phenoxy) is 2. The average Bonchev–Trinajstić information content (AvgIpc) is 3.14. The summed E-state index contributed by atoms with van der Waals surface area (Å²) in [6.07, 6.45) is 4.48. The first-order chi connectivity index (χ1) is 13.2. The number of carbonyl (C=O) groups excluding carboxylic acids is 1. The van der Waals surface area contributed by atoms with Crippen LogP contribution in [0.3, 0.4) is 0 Å². The molecular weight excluding hydrogens is 344 g/mol. The molecule has 0 N–H and O–H groups in total. The molecule has 2 atom stereocenters. The van der Waals surface area contributed by atoms with Crippen molar-refractivity contribution in [1.29, 1.82) is 0 Å². The van der Waals surface area contributed by atoms with Gasteiger partial charge in [0.15, 0.2) is 11.5 Å². The highest BCUT2D eigenvalue weighted by atomic mass is 16.7. The van der Waals surface area contributed by atoms with Crippen LogP contribution in [0.4, 0.5) is 0 Å². The van der Waals surface area contributed by atoms with Crippen LogP contribution in [0.5, 0.6) is 11.5 Å². The fourth-order valence-electron chi connectivity index (χ4n) is 4.37. The summed E-state index contributed by atoms with van der Waals surface area (Å²) in [5, 5.41) is 0. The van der Waals surface area contributed by atoms with Crippen LogP contribution in [0.25, 0.3) is 6.08 Å². The van der Waals surface area contributed by atoms with Crippen LogP contribution in [0.1, 0.15) is 23.6 Å². The smallest absolute Gasteiger partial charge is 0.250 e. The lowest BCUT2D eigenvalue weighted by Crippen LogP contribution is -2.48. The van der Waals surface area contributed by atoms with Gasteiger partial charge < -0.3 is 18.9 Å². The van der Waals surface area contributed by atoms with Gasteiger partial charge in [0, 0.05) is 43.4 Å². The summed E-state index contributed by atoms with van der Waals surface area (Å²) in [4.78, 5) is 26.7. The minimum absolute atomic E-state index is 0.00842. The molecule has 3 aliphatic rings. The Balaban J connectivity index is 1.33. The molecule has 6 heteroatoms. The molecule has 5 rings (SSSR count). The standard InChI is InChI=1S/C21H20N2O4/c24-20(7-5-14-4-6-18-19(9-14)27-13-26-18)22-10-15-8-16(12-22)17-2-1-3-21(25)23(17)11-15/h1-7,9,15-16H,8,10-13H2/b7-5+. The molecule has 2 unspecified atom stereocenters. The lowest BCUT2D eigenvalue weighted by Gasteiger charge is -2.42. The second-order valence-corrected chi connectivity index (χ2v) is 7.39. The summed E-state index contributed by atoms with van der Waals surface area (Å²) in [6, 6.07) is 11.1. The zero-order valence-electron chi connectivity index (χ0n) is 14.8. The number of hydrogen-bond donors (Lipinski definition) is 0. The molecular formula is C21H20N2O4. The van der Waals surface area contributed by atoms with Crippen molar-refractivity contribution in [3.8, 4) is 11.5 Å². The number of carbonyl (C=O) groups is 1. The molecule has 2 aromatic rings. The fourth-order valence-corrected chi connectivity index (χ4v) is 4.37. The third-order valence-corrected chi connectivity index (χ3v) is 5.61. The lowest BCUT2D eigenvalue weighted by atomic mass is 9.83. The van der Waals surface area contributed by atoms with Gasteiger partial charge in [-0.25, -0.2) is 0 Å². The minimum Gasteiger partial charge on any atom is -0.454 e. The molecule has 1 aromatic carbocycles. The summed E-state index contributed by atoms with van der Waals surface area (Å²) in [7, 11) is 0. The van der Waals surface area contributed by atoms with E-state index in [2.05, 4.69) is 0 Å². The van der Waals surface area contributed by atoms with E-state index in [1.807, 2.05) is 45.9 Å². The quantitative estimate of drug-likeness (QED) is 0.767. The number of likely N-dealkylation sites (tertiary alicyclic amines) is 1. The van der Waals surface area contributed by atoms with Crippen LogP contribution in [0.2, 0.25) is 0 Å². The number of amides is 1. The first-order valence-corrected chi connectivity index (χ1v) is 9.24. The number of hydrogen-bond acceptors (Lipinski definition) is 4. The Morgan fingerprint density at radius 3 is 2.89 bits per heavy atom. The van der Waals surface area contributed by atoms with Crippen LogP contribution in [0.15, 0.2) is 47.3 Å². The predicted octanol–water partition coefficient (Wildman–Crippen LogP) is 2.24. The topological polar surface area (TPSA) is 60.8 Å². The molecule has 0 aliphatic carbocycles. The Hall–Kier alpha value is -3.02. The predicted molar refractivity (Wildman–Crippen MR) is 99.7 cm³/mol. The van der Waals surface area contributed by atoms with E-state index >= 15 is 0 Å². The van der Waals surface area contributed by atoms with E-state index in [0.29, 0.717) is 31.3 Å². The van der Waals surface area contributed by atoms with E-state index in [-0.39, 0.29) is 24.2 Å². The van der Waals surface area contributed by atoms with E-state index in [0.717, 1.165) is 23.4 Å². The third-order valence-electron chi connectivity index (χ3n) is 5.61. The van der Waals surface area contributed by atoms with Crippen molar-refractivity contribution in [1.82, 2.24) is 9.47 Å². The highest BCUT2D eigenvalue weighted by molar-refractivity contribution is 5.92. The summed E-state index contributed by atoms with van der Waals surface area (Å²) in [5.74, 6) is 2.01. The molecule has 1 amide bonds. The number of piperidine rings is 1. The van der Waals surface area contributed by atoms with Crippen LogP contribution < -0.4 is 15.0 Å². The Morgan fingerprint density at radius 2 is 1.96 bits per heavy atom. The van der Waals surface area contributed by atoms with E-state index < -0.39 is 0 Å². The number of rotatable bonds is 2. The monoisotopic (exact) mass is 364 g/mol. The van der Waals surface area contributed by atoms with E-state index in [1.165, 1.54) is 0 Å². The zero-order chi connectivity index (χ0) is 18.4. The van der Waals surface area contributed by atoms with E-state index in [1.54, 1.807) is 12.1 Å². The molecule has 1 saturated heterocycles. The van der Waals surface area contributed by atoms with Crippen LogP contribution in [-0.2, 0) is 11.3 Å². The van der Waals surface area contributed by atoms with Crippen molar-refractivity contribution in [3.05, 3.63) is 64.1 Å². The van der Waals surface area contributed by atoms with Gasteiger partial charge in [0.25, 0.3) is 5.56 Å². The first kappa shape index (κ1) is 16.2. The summed E-state index contributed by atoms with van der Waals surface area (Å²) >= 11 is 0. The maximum atomic E-state index is 12.7. The van der Waals surface area contributed by atoms with E-state index in [4.69, 9.17) is 9.47 Å². The molecule has 138 valence electrons. The van der Waals surface area contributed by atoms with Crippen molar-refractivity contribution in [2.45, 2.75) is 18.9 Å². The molecule has 27 heavy (non-hydrogen) atoms. The summed E-state index contributed by atoms with van der Waals surface area (Å²) in [6.45, 7) is 2.29. The van der Waals surface area contributed by atoms with Gasteiger partial charge >= 0.3 is 0 Å². The number of aromatic nitrogens is 1. The highest BCUT2D eigenvalue weighted by Crippen LogP contribution is 2.35. The van der Waals surface area contributed by atoms with Gasteiger partial charge in [-0.15, -0.1) is 0 Å². The van der Waals surface area contributed by atoms with Gasteiger partial charge in [-0.1, -0.05) is 12.1 Å². The van der Waals surface area contributed by atoms with Crippen LogP contribution in [-0.4, -0.2) is 35.3 Å². The van der Waals surface area contributed by atoms with Gasteiger partial charge in [0.1, 0.15) is 0 Å². The third kappa shape index (κ3) is 2.91. The van der Waals surface area contributed by atoms with Crippen molar-refractivity contribution >= 4 is 12.0 Å². The molecule has 1 fully saturated rings. The Bertz CT molecular complexity index is 994. The van der Waals surface area contributed by atoms with Crippen molar-refractivity contribution in [3.63, 3.8) is 0 Å². The zero-order valence-corrected chi connectivity index (χ0v) is 14.8. The summed E-state index contributed by atoms with van der Waals surface area (Å²) < 4.78 is 12.6. The first-order valence-electron chi connectivity index (χ1n) is 9.24. The number of nitrogens with zero attached hydrogens (tertiary/aromatic N) is 2. The van der Waals surface area contributed by atoms with Gasteiger partial charge in [-0.05, 0) is 42.2 Å². The minimum atomic E-state index is 0.00842. The largest absolute Gasteiger partial charge is 0.454 e. The highest BCUT2D eigenvalue weighted by Gasteiger charge is 2.35. The number of fused-ring (bicyclic) bond motifs is 5. The molecule has 0 saturated carbocycles. The maximum absolute atomic E-state index is 12.7. The van der Waals surface area contributed by atoms with Gasteiger partial charge in [0.2, 0.25) is 12.7 Å². The number of pyridine rings is 1. The molecule has 2 bridgehead atoms. The SMILES string of the molecule is O=C(/C=C/c1ccc2c(c1)OCO2)N1CC2CC(C1)c1cccc(=O)n1C2. The van der Waals surface area contributed by atoms with Gasteiger partial charge in [0.05, 0.1) is 0 Å². The van der Waals surface area contributed by atoms with Gasteiger partial charge in [-0.2, -0.15) is 0 Å². The number of benzene rings is 1. The second kappa shape index (κ2) is 6.30. The Kier molecular flexibility index (Phi) is 3.77. The molecule has 3 aliphatic heterocycles. The lowest BCUT2D eigenvalue weighted by molar-refractivity contribution is -0.128. The van der Waals surface area contributed by atoms with Crippen molar-refractivity contribution in [2.75, 3.05) is 19.9 Å². The van der Waals surface area contributed by atoms with Crippen molar-refractivity contribution < 1.29 is 14.3 Å². The molecule has 0 spiro atoms. The van der Waals surface area contributed by atoms with E-state index in [9.17, 15) is 9.59 Å². The summed E-state index contributed by atoms with van der Waals surface area (Å²) in [5.41, 5.74) is 2.02. The fraction of sp³-hybridized carbons (Fsp3) is 0.333. The normalized spacial score (nSPS) is 22.7. The average molecular weight is 364 g/mol. The maximum Gasteiger partial charge on any atom is 0.250 e.